The fourth-order valence-electron chi connectivity index (χ4n) is 3.01. The molecule has 6 heteroatoms. The highest BCUT2D eigenvalue weighted by atomic mass is 16.6. The lowest BCUT2D eigenvalue weighted by Crippen LogP contribution is -2.44. The van der Waals surface area contributed by atoms with E-state index >= 15 is 0 Å². The second kappa shape index (κ2) is 6.66. The van der Waals surface area contributed by atoms with E-state index in [-0.39, 0.29) is 23.1 Å². The number of nitro benzene ring substituents is 1. The number of piperidine rings is 1. The third-order valence-electron chi connectivity index (χ3n) is 4.43. The minimum Gasteiger partial charge on any atom is -0.339 e. The average molecular weight is 319 g/mol. The maximum absolute atomic E-state index is 12.7. The Balaban J connectivity index is 2.30. The molecule has 1 aromatic rings. The minimum atomic E-state index is -0.401. The zero-order valence-corrected chi connectivity index (χ0v) is 14.3. The van der Waals surface area contributed by atoms with Gasteiger partial charge in [-0.25, -0.2) is 0 Å². The van der Waals surface area contributed by atoms with Crippen LogP contribution < -0.4 is 5.32 Å². The van der Waals surface area contributed by atoms with Crippen molar-refractivity contribution in [3.8, 4) is 0 Å². The Kier molecular flexibility index (Phi) is 5.04. The van der Waals surface area contributed by atoms with E-state index in [0.29, 0.717) is 11.1 Å². The van der Waals surface area contributed by atoms with E-state index < -0.39 is 4.92 Å². The summed E-state index contributed by atoms with van der Waals surface area (Å²) in [5.74, 6) is -0.152. The van der Waals surface area contributed by atoms with Gasteiger partial charge in [-0.1, -0.05) is 26.8 Å². The van der Waals surface area contributed by atoms with Crippen LogP contribution in [-0.4, -0.2) is 41.9 Å². The molecule has 1 N–H and O–H groups in total. The summed E-state index contributed by atoms with van der Waals surface area (Å²) < 4.78 is 0. The average Bonchev–Trinajstić information content (AvgIpc) is 2.52. The minimum absolute atomic E-state index is 0.0158. The molecular weight excluding hydrogens is 294 g/mol. The highest BCUT2D eigenvalue weighted by Crippen LogP contribution is 2.32. The topological polar surface area (TPSA) is 75.5 Å². The van der Waals surface area contributed by atoms with E-state index in [9.17, 15) is 14.9 Å². The molecule has 1 aliphatic heterocycles. The molecule has 0 saturated carbocycles. The van der Waals surface area contributed by atoms with Crippen LogP contribution in [0.3, 0.4) is 0 Å². The molecule has 0 unspecified atom stereocenters. The molecule has 6 nitrogen and oxygen atoms in total. The summed E-state index contributed by atoms with van der Waals surface area (Å²) in [6.07, 6.45) is 1.81. The highest BCUT2D eigenvalue weighted by Gasteiger charge is 2.28. The summed E-state index contributed by atoms with van der Waals surface area (Å²) in [6.45, 7) is 7.57. The Bertz CT molecular complexity index is 602. The van der Waals surface area contributed by atoms with Gasteiger partial charge in [-0.15, -0.1) is 0 Å². The second-order valence-corrected chi connectivity index (χ2v) is 7.14. The normalized spacial score (nSPS) is 16.2. The number of carbonyl (C=O) groups excluding carboxylic acids is 1. The van der Waals surface area contributed by atoms with Crippen molar-refractivity contribution in [1.82, 2.24) is 10.2 Å². The first-order chi connectivity index (χ1) is 10.7. The highest BCUT2D eigenvalue weighted by molar-refractivity contribution is 5.95. The monoisotopic (exact) mass is 319 g/mol. The molecule has 1 aromatic carbocycles. The van der Waals surface area contributed by atoms with Crippen LogP contribution >= 0.6 is 0 Å². The van der Waals surface area contributed by atoms with Crippen LogP contribution in [-0.2, 0) is 5.41 Å². The second-order valence-electron chi connectivity index (χ2n) is 7.14. The van der Waals surface area contributed by atoms with Crippen LogP contribution in [0.15, 0.2) is 18.2 Å². The van der Waals surface area contributed by atoms with E-state index in [1.165, 1.54) is 6.07 Å². The quantitative estimate of drug-likeness (QED) is 0.686. The third kappa shape index (κ3) is 3.88. The first-order valence-electron chi connectivity index (χ1n) is 7.98. The van der Waals surface area contributed by atoms with Crippen molar-refractivity contribution >= 4 is 11.6 Å². The number of hydrogen-bond acceptors (Lipinski definition) is 4. The predicted octanol–water partition coefficient (Wildman–Crippen LogP) is 2.72. The van der Waals surface area contributed by atoms with Gasteiger partial charge in [0, 0.05) is 30.3 Å². The molecule has 0 spiro atoms. The summed E-state index contributed by atoms with van der Waals surface area (Å²) in [5, 5.41) is 14.7. The Morgan fingerprint density at radius 1 is 1.30 bits per heavy atom. The van der Waals surface area contributed by atoms with Gasteiger partial charge < -0.3 is 10.2 Å². The molecule has 2 rings (SSSR count). The van der Waals surface area contributed by atoms with Crippen molar-refractivity contribution in [2.75, 3.05) is 20.1 Å². The molecule has 0 radical (unpaired) electrons. The molecule has 1 aliphatic rings. The van der Waals surface area contributed by atoms with Crippen molar-refractivity contribution in [2.24, 2.45) is 0 Å². The molecule has 1 amide bonds. The van der Waals surface area contributed by atoms with Gasteiger partial charge in [0.1, 0.15) is 0 Å². The lowest BCUT2D eigenvalue weighted by molar-refractivity contribution is -0.386. The number of nitrogens with one attached hydrogen (secondary N) is 1. The SMILES string of the molecule is CN(C(=O)c1ccc(C(C)(C)C)c([N+](=O)[O-])c1)C1CCNCC1. The zero-order chi connectivity index (χ0) is 17.2. The molecule has 23 heavy (non-hydrogen) atoms. The molecule has 0 atom stereocenters. The maximum atomic E-state index is 12.7. The molecule has 0 aliphatic carbocycles. The largest absolute Gasteiger partial charge is 0.339 e. The smallest absolute Gasteiger partial charge is 0.273 e. The molecule has 1 heterocycles. The summed E-state index contributed by atoms with van der Waals surface area (Å²) in [4.78, 5) is 25.4. The van der Waals surface area contributed by atoms with E-state index in [4.69, 9.17) is 0 Å². The Morgan fingerprint density at radius 2 is 1.91 bits per heavy atom. The van der Waals surface area contributed by atoms with Crippen molar-refractivity contribution in [3.63, 3.8) is 0 Å². The van der Waals surface area contributed by atoms with Crippen molar-refractivity contribution in [3.05, 3.63) is 39.4 Å². The Hall–Kier alpha value is -1.95. The van der Waals surface area contributed by atoms with Crippen LogP contribution in [0.2, 0.25) is 0 Å². The molecule has 126 valence electrons. The van der Waals surface area contributed by atoms with Crippen molar-refractivity contribution in [1.29, 1.82) is 0 Å². The van der Waals surface area contributed by atoms with E-state index in [1.54, 1.807) is 24.1 Å². The van der Waals surface area contributed by atoms with Crippen LogP contribution in [0.5, 0.6) is 0 Å². The van der Waals surface area contributed by atoms with Crippen LogP contribution in [0.25, 0.3) is 0 Å². The van der Waals surface area contributed by atoms with Gasteiger partial charge in [0.05, 0.1) is 4.92 Å². The van der Waals surface area contributed by atoms with Crippen LogP contribution in [0, 0.1) is 10.1 Å². The number of nitrogens with zero attached hydrogens (tertiary/aromatic N) is 2. The Labute approximate surface area is 137 Å². The van der Waals surface area contributed by atoms with Gasteiger partial charge in [0.25, 0.3) is 11.6 Å². The third-order valence-corrected chi connectivity index (χ3v) is 4.43. The van der Waals surface area contributed by atoms with Gasteiger partial charge in [0.2, 0.25) is 0 Å². The van der Waals surface area contributed by atoms with E-state index in [1.807, 2.05) is 20.8 Å². The molecule has 1 saturated heterocycles. The van der Waals surface area contributed by atoms with Gasteiger partial charge in [-0.05, 0) is 37.4 Å². The first kappa shape index (κ1) is 17.4. The number of hydrogen-bond donors (Lipinski definition) is 1. The Morgan fingerprint density at radius 3 is 2.43 bits per heavy atom. The lowest BCUT2D eigenvalue weighted by Gasteiger charge is -2.31. The van der Waals surface area contributed by atoms with Gasteiger partial charge in [0.15, 0.2) is 0 Å². The maximum Gasteiger partial charge on any atom is 0.273 e. The zero-order valence-electron chi connectivity index (χ0n) is 14.3. The van der Waals surface area contributed by atoms with Gasteiger partial charge in [-0.3, -0.25) is 14.9 Å². The summed E-state index contributed by atoms with van der Waals surface area (Å²) >= 11 is 0. The van der Waals surface area contributed by atoms with E-state index in [2.05, 4.69) is 5.32 Å². The molecule has 0 bridgehead atoms. The number of benzene rings is 1. The number of rotatable bonds is 3. The molecule has 1 fully saturated rings. The summed E-state index contributed by atoms with van der Waals surface area (Å²) in [7, 11) is 1.78. The molecule has 0 aromatic heterocycles. The number of nitro groups is 1. The van der Waals surface area contributed by atoms with E-state index in [0.717, 1.165) is 25.9 Å². The number of amides is 1. The van der Waals surface area contributed by atoms with Gasteiger partial charge in [-0.2, -0.15) is 0 Å². The van der Waals surface area contributed by atoms with Crippen molar-refractivity contribution in [2.45, 2.75) is 45.1 Å². The van der Waals surface area contributed by atoms with Crippen LogP contribution in [0.1, 0.15) is 49.5 Å². The lowest BCUT2D eigenvalue weighted by atomic mass is 9.85. The standard InChI is InChI=1S/C17H25N3O3/c1-17(2,3)14-6-5-12(11-15(14)20(22)23)16(21)19(4)13-7-9-18-10-8-13/h5-6,11,13,18H,7-10H2,1-4H3. The fraction of sp³-hybridized carbons (Fsp3) is 0.588. The number of carbonyl (C=O) groups is 1. The summed E-state index contributed by atoms with van der Waals surface area (Å²) in [6, 6.07) is 5.01. The fourth-order valence-corrected chi connectivity index (χ4v) is 3.01. The van der Waals surface area contributed by atoms with Crippen LogP contribution in [0.4, 0.5) is 5.69 Å². The molecular formula is C17H25N3O3. The van der Waals surface area contributed by atoms with Crippen molar-refractivity contribution < 1.29 is 9.72 Å². The van der Waals surface area contributed by atoms with Gasteiger partial charge >= 0.3 is 0 Å². The predicted molar refractivity (Wildman–Crippen MR) is 89.8 cm³/mol. The first-order valence-corrected chi connectivity index (χ1v) is 7.98. The summed E-state index contributed by atoms with van der Waals surface area (Å²) in [5.41, 5.74) is 0.696.